The van der Waals surface area contributed by atoms with E-state index in [1.54, 1.807) is 0 Å². The molecule has 2 aliphatic rings. The summed E-state index contributed by atoms with van der Waals surface area (Å²) >= 11 is 0. The Kier molecular flexibility index (Phi) is 7.39. The summed E-state index contributed by atoms with van der Waals surface area (Å²) < 4.78 is 38.6. The number of rotatable bonds is 3. The summed E-state index contributed by atoms with van der Waals surface area (Å²) in [6.07, 6.45) is -2.14. The van der Waals surface area contributed by atoms with Gasteiger partial charge in [0, 0.05) is 31.1 Å². The molecule has 3 rings (SSSR count). The molecule has 2 N–H and O–H groups in total. The second kappa shape index (κ2) is 9.24. The molecule has 9 heteroatoms. The molecule has 1 atom stereocenters. The second-order valence-corrected chi connectivity index (χ2v) is 8.81. The van der Waals surface area contributed by atoms with E-state index >= 15 is 0 Å². The Morgan fingerprint density at radius 1 is 1.20 bits per heavy atom. The van der Waals surface area contributed by atoms with Crippen molar-refractivity contribution in [2.45, 2.75) is 64.4 Å². The zero-order chi connectivity index (χ0) is 22.6. The standard InChI is InChI=1S/C15H20N2O2.C6H9F3O2/c18-14(19)17-10-15(11-17)8-4-7-13(15)16-9-12-5-2-1-3-6-12;1-5(2,3)11-4(10)6(7,8)9/h1-3,5-6,13,16H,4,7-11H2,(H,18,19);1-3H3. The van der Waals surface area contributed by atoms with Crippen molar-refractivity contribution < 1.29 is 32.6 Å². The average molecular weight is 430 g/mol. The molecule has 30 heavy (non-hydrogen) atoms. The molecule has 1 aromatic rings. The molecule has 1 heterocycles. The van der Waals surface area contributed by atoms with E-state index < -0.39 is 23.8 Å². The molecule has 0 radical (unpaired) electrons. The largest absolute Gasteiger partial charge is 0.490 e. The van der Waals surface area contributed by atoms with Gasteiger partial charge in [-0.3, -0.25) is 0 Å². The van der Waals surface area contributed by atoms with E-state index in [1.807, 2.05) is 6.07 Å². The first kappa shape index (κ1) is 24.0. The summed E-state index contributed by atoms with van der Waals surface area (Å²) in [6.45, 7) is 6.40. The summed E-state index contributed by atoms with van der Waals surface area (Å²) in [4.78, 5) is 22.6. The van der Waals surface area contributed by atoms with Crippen LogP contribution in [-0.2, 0) is 16.1 Å². The zero-order valence-corrected chi connectivity index (χ0v) is 17.5. The fourth-order valence-corrected chi connectivity index (χ4v) is 3.86. The van der Waals surface area contributed by atoms with Gasteiger partial charge in [0.15, 0.2) is 0 Å². The monoisotopic (exact) mass is 430 g/mol. The highest BCUT2D eigenvalue weighted by molar-refractivity contribution is 5.76. The number of alkyl halides is 3. The Bertz CT molecular complexity index is 726. The molecule has 1 saturated heterocycles. The lowest BCUT2D eigenvalue weighted by molar-refractivity contribution is -0.210. The quantitative estimate of drug-likeness (QED) is 0.703. The van der Waals surface area contributed by atoms with E-state index in [1.165, 1.54) is 44.1 Å². The van der Waals surface area contributed by atoms with Crippen LogP contribution in [0.3, 0.4) is 0 Å². The molecule has 1 saturated carbocycles. The minimum Gasteiger partial charge on any atom is -0.465 e. The van der Waals surface area contributed by atoms with Crippen LogP contribution in [0.5, 0.6) is 0 Å². The zero-order valence-electron chi connectivity index (χ0n) is 17.5. The number of carbonyl (C=O) groups is 2. The highest BCUT2D eigenvalue weighted by atomic mass is 19.4. The smallest absolute Gasteiger partial charge is 0.465 e. The van der Waals surface area contributed by atoms with E-state index in [0.29, 0.717) is 19.1 Å². The van der Waals surface area contributed by atoms with Gasteiger partial charge in [0.05, 0.1) is 0 Å². The Hall–Kier alpha value is -2.29. The van der Waals surface area contributed by atoms with Crippen LogP contribution < -0.4 is 5.32 Å². The third-order valence-corrected chi connectivity index (χ3v) is 5.21. The predicted octanol–water partition coefficient (Wildman–Crippen LogP) is 4.20. The van der Waals surface area contributed by atoms with Crippen LogP contribution in [0, 0.1) is 5.41 Å². The van der Waals surface area contributed by atoms with E-state index in [4.69, 9.17) is 5.11 Å². The Balaban J connectivity index is 0.000000252. The van der Waals surface area contributed by atoms with Gasteiger partial charge in [0.2, 0.25) is 0 Å². The van der Waals surface area contributed by atoms with Gasteiger partial charge in [0.1, 0.15) is 5.60 Å². The van der Waals surface area contributed by atoms with Crippen LogP contribution in [-0.4, -0.2) is 53.0 Å². The first-order chi connectivity index (χ1) is 13.8. The molecule has 2 fully saturated rings. The van der Waals surface area contributed by atoms with Gasteiger partial charge in [-0.2, -0.15) is 13.2 Å². The lowest BCUT2D eigenvalue weighted by atomic mass is 9.75. The number of hydrogen-bond acceptors (Lipinski definition) is 4. The van der Waals surface area contributed by atoms with Gasteiger partial charge in [-0.25, -0.2) is 9.59 Å². The van der Waals surface area contributed by atoms with Crippen molar-refractivity contribution in [3.63, 3.8) is 0 Å². The van der Waals surface area contributed by atoms with E-state index in [2.05, 4.69) is 34.3 Å². The van der Waals surface area contributed by atoms with Crippen LogP contribution in [0.1, 0.15) is 45.6 Å². The summed E-state index contributed by atoms with van der Waals surface area (Å²) in [5.74, 6) is -2.15. The van der Waals surface area contributed by atoms with Crippen molar-refractivity contribution in [2.75, 3.05) is 13.1 Å². The lowest BCUT2D eigenvalue weighted by Crippen LogP contribution is -2.63. The highest BCUT2D eigenvalue weighted by Gasteiger charge is 2.52. The summed E-state index contributed by atoms with van der Waals surface area (Å²) in [7, 11) is 0. The molecule has 1 amide bonds. The average Bonchev–Trinajstić information content (AvgIpc) is 3.02. The molecule has 168 valence electrons. The number of likely N-dealkylation sites (tertiary alicyclic amines) is 1. The molecule has 0 aromatic heterocycles. The van der Waals surface area contributed by atoms with Gasteiger partial charge in [-0.15, -0.1) is 0 Å². The number of nitrogens with zero attached hydrogens (tertiary/aromatic N) is 1. The van der Waals surface area contributed by atoms with Crippen molar-refractivity contribution in [3.8, 4) is 0 Å². The molecule has 0 bridgehead atoms. The number of amides is 1. The minimum absolute atomic E-state index is 0.202. The van der Waals surface area contributed by atoms with Crippen molar-refractivity contribution in [2.24, 2.45) is 5.41 Å². The minimum atomic E-state index is -4.90. The Morgan fingerprint density at radius 2 is 1.80 bits per heavy atom. The maximum Gasteiger partial charge on any atom is 0.490 e. The Labute approximate surface area is 174 Å². The first-order valence-electron chi connectivity index (χ1n) is 9.88. The maximum atomic E-state index is 11.5. The number of benzene rings is 1. The number of carboxylic acid groups (broad SMARTS) is 1. The second-order valence-electron chi connectivity index (χ2n) is 8.81. The fraction of sp³-hybridized carbons (Fsp3) is 0.619. The molecule has 1 unspecified atom stereocenters. The summed E-state index contributed by atoms with van der Waals surface area (Å²) in [5, 5.41) is 12.6. The topological polar surface area (TPSA) is 78.9 Å². The molecule has 1 spiro atoms. The van der Waals surface area contributed by atoms with Crippen molar-refractivity contribution in [1.82, 2.24) is 10.2 Å². The third-order valence-electron chi connectivity index (χ3n) is 5.21. The first-order valence-corrected chi connectivity index (χ1v) is 9.88. The Morgan fingerprint density at radius 3 is 2.27 bits per heavy atom. The van der Waals surface area contributed by atoms with Crippen LogP contribution >= 0.6 is 0 Å². The van der Waals surface area contributed by atoms with Crippen molar-refractivity contribution in [1.29, 1.82) is 0 Å². The van der Waals surface area contributed by atoms with Gasteiger partial charge in [0.25, 0.3) is 0 Å². The van der Waals surface area contributed by atoms with E-state index in [-0.39, 0.29) is 5.41 Å². The third kappa shape index (κ3) is 6.62. The number of esters is 1. The number of carbonyl (C=O) groups excluding carboxylic acids is 1. The van der Waals surface area contributed by atoms with Gasteiger partial charge in [-0.05, 0) is 39.2 Å². The van der Waals surface area contributed by atoms with Crippen LogP contribution in [0.25, 0.3) is 0 Å². The van der Waals surface area contributed by atoms with Crippen molar-refractivity contribution in [3.05, 3.63) is 35.9 Å². The number of hydrogen-bond donors (Lipinski definition) is 2. The van der Waals surface area contributed by atoms with Crippen LogP contribution in [0.2, 0.25) is 0 Å². The molecular weight excluding hydrogens is 401 g/mol. The normalized spacial score (nSPS) is 20.2. The van der Waals surface area contributed by atoms with Gasteiger partial charge >= 0.3 is 18.2 Å². The van der Waals surface area contributed by atoms with Crippen LogP contribution in [0.4, 0.5) is 18.0 Å². The SMILES string of the molecule is CC(C)(C)OC(=O)C(F)(F)F.O=C(O)N1CC2(CCCC2NCc2ccccc2)C1. The lowest BCUT2D eigenvalue weighted by Gasteiger charge is -2.50. The number of halogens is 3. The summed E-state index contributed by atoms with van der Waals surface area (Å²) in [5.41, 5.74) is 0.402. The molecule has 1 aliphatic heterocycles. The van der Waals surface area contributed by atoms with Crippen LogP contribution in [0.15, 0.2) is 30.3 Å². The predicted molar refractivity (Wildman–Crippen MR) is 105 cm³/mol. The van der Waals surface area contributed by atoms with Crippen molar-refractivity contribution >= 4 is 12.1 Å². The van der Waals surface area contributed by atoms with Gasteiger partial charge < -0.3 is 20.1 Å². The molecule has 1 aliphatic carbocycles. The molecule has 6 nitrogen and oxygen atoms in total. The fourth-order valence-electron chi connectivity index (χ4n) is 3.86. The number of nitrogens with one attached hydrogen (secondary N) is 1. The maximum absolute atomic E-state index is 11.5. The molecule has 1 aromatic carbocycles. The van der Waals surface area contributed by atoms with E-state index in [9.17, 15) is 22.8 Å². The van der Waals surface area contributed by atoms with E-state index in [0.717, 1.165) is 13.0 Å². The highest BCUT2D eigenvalue weighted by Crippen LogP contribution is 2.45. The van der Waals surface area contributed by atoms with Gasteiger partial charge in [-0.1, -0.05) is 36.8 Å². The number of ether oxygens (including phenoxy) is 1. The summed E-state index contributed by atoms with van der Waals surface area (Å²) in [6, 6.07) is 10.8. The molecular formula is C21H29F3N2O4.